The van der Waals surface area contributed by atoms with E-state index in [1.165, 1.54) is 19.3 Å². The van der Waals surface area contributed by atoms with Gasteiger partial charge in [-0.3, -0.25) is 4.79 Å². The SMILES string of the molecule is CN1CCCCC1CCC(=O)Nc1ccccc1C#N. The summed E-state index contributed by atoms with van der Waals surface area (Å²) in [5.41, 5.74) is 1.12. The summed E-state index contributed by atoms with van der Waals surface area (Å²) in [7, 11) is 2.13. The number of nitriles is 1. The molecule has 1 aromatic carbocycles. The molecule has 1 amide bonds. The van der Waals surface area contributed by atoms with Crippen LogP contribution in [-0.2, 0) is 4.79 Å². The van der Waals surface area contributed by atoms with E-state index in [0.29, 0.717) is 23.7 Å². The number of hydrogen-bond donors (Lipinski definition) is 1. The zero-order valence-electron chi connectivity index (χ0n) is 11.9. The Kier molecular flexibility index (Phi) is 5.14. The van der Waals surface area contributed by atoms with Crippen LogP contribution in [0.15, 0.2) is 24.3 Å². The van der Waals surface area contributed by atoms with Crippen LogP contribution in [0.1, 0.15) is 37.7 Å². The monoisotopic (exact) mass is 271 g/mol. The summed E-state index contributed by atoms with van der Waals surface area (Å²) in [6, 6.07) is 9.71. The van der Waals surface area contributed by atoms with Crippen LogP contribution in [0.4, 0.5) is 5.69 Å². The number of para-hydroxylation sites is 1. The lowest BCUT2D eigenvalue weighted by molar-refractivity contribution is -0.116. The van der Waals surface area contributed by atoms with Gasteiger partial charge in [0.2, 0.25) is 5.91 Å². The molecular weight excluding hydrogens is 250 g/mol. The highest BCUT2D eigenvalue weighted by molar-refractivity contribution is 5.92. The van der Waals surface area contributed by atoms with Gasteiger partial charge in [-0.1, -0.05) is 18.6 Å². The summed E-state index contributed by atoms with van der Waals surface area (Å²) in [5.74, 6) is -0.00771. The van der Waals surface area contributed by atoms with Crippen LogP contribution in [0.5, 0.6) is 0 Å². The van der Waals surface area contributed by atoms with Crippen molar-refractivity contribution in [1.82, 2.24) is 4.90 Å². The standard InChI is InChI=1S/C16H21N3O/c1-19-11-5-4-7-14(19)9-10-16(20)18-15-8-3-2-6-13(15)12-17/h2-3,6,8,14H,4-5,7,9-11H2,1H3,(H,18,20). The Morgan fingerprint density at radius 1 is 1.45 bits per heavy atom. The smallest absolute Gasteiger partial charge is 0.224 e. The molecule has 1 atom stereocenters. The molecule has 1 fully saturated rings. The third-order valence-corrected chi connectivity index (χ3v) is 3.95. The molecule has 2 rings (SSSR count). The summed E-state index contributed by atoms with van der Waals surface area (Å²) >= 11 is 0. The molecule has 1 N–H and O–H groups in total. The average molecular weight is 271 g/mol. The molecule has 106 valence electrons. The van der Waals surface area contributed by atoms with Gasteiger partial charge in [-0.15, -0.1) is 0 Å². The second kappa shape index (κ2) is 7.06. The Bertz CT molecular complexity index is 507. The van der Waals surface area contributed by atoms with Gasteiger partial charge in [0.15, 0.2) is 0 Å². The number of piperidine rings is 1. The van der Waals surface area contributed by atoms with Gasteiger partial charge in [-0.25, -0.2) is 0 Å². The Labute approximate surface area is 120 Å². The third-order valence-electron chi connectivity index (χ3n) is 3.95. The van der Waals surface area contributed by atoms with Crippen molar-refractivity contribution in [3.8, 4) is 6.07 Å². The van der Waals surface area contributed by atoms with Gasteiger partial charge in [-0.2, -0.15) is 5.26 Å². The van der Waals surface area contributed by atoms with Gasteiger partial charge in [0.25, 0.3) is 0 Å². The normalized spacial score (nSPS) is 19.3. The van der Waals surface area contributed by atoms with Gasteiger partial charge in [0.05, 0.1) is 11.3 Å². The first-order valence-electron chi connectivity index (χ1n) is 7.20. The predicted molar refractivity (Wildman–Crippen MR) is 79.3 cm³/mol. The molecule has 0 radical (unpaired) electrons. The van der Waals surface area contributed by atoms with E-state index >= 15 is 0 Å². The highest BCUT2D eigenvalue weighted by atomic mass is 16.1. The molecule has 1 saturated heterocycles. The number of anilines is 1. The molecule has 0 aliphatic carbocycles. The number of rotatable bonds is 4. The molecule has 4 heteroatoms. The van der Waals surface area contributed by atoms with Crippen molar-refractivity contribution in [3.63, 3.8) is 0 Å². The fourth-order valence-electron chi connectivity index (χ4n) is 2.71. The van der Waals surface area contributed by atoms with E-state index in [4.69, 9.17) is 5.26 Å². The number of hydrogen-bond acceptors (Lipinski definition) is 3. The molecule has 1 unspecified atom stereocenters. The first-order valence-corrected chi connectivity index (χ1v) is 7.20. The highest BCUT2D eigenvalue weighted by Gasteiger charge is 2.19. The van der Waals surface area contributed by atoms with Gasteiger partial charge in [0.1, 0.15) is 6.07 Å². The van der Waals surface area contributed by atoms with Gasteiger partial charge in [0, 0.05) is 12.5 Å². The van der Waals surface area contributed by atoms with E-state index in [2.05, 4.69) is 23.3 Å². The molecular formula is C16H21N3O. The van der Waals surface area contributed by atoms with E-state index in [0.717, 1.165) is 13.0 Å². The van der Waals surface area contributed by atoms with Crippen molar-refractivity contribution in [2.75, 3.05) is 18.9 Å². The maximum atomic E-state index is 12.0. The van der Waals surface area contributed by atoms with Crippen LogP contribution >= 0.6 is 0 Å². The lowest BCUT2D eigenvalue weighted by atomic mass is 9.98. The molecule has 4 nitrogen and oxygen atoms in total. The summed E-state index contributed by atoms with van der Waals surface area (Å²) in [5, 5.41) is 11.8. The average Bonchev–Trinajstić information content (AvgIpc) is 2.47. The van der Waals surface area contributed by atoms with Crippen LogP contribution in [0, 0.1) is 11.3 Å². The molecule has 0 saturated carbocycles. The molecule has 0 bridgehead atoms. The van der Waals surface area contributed by atoms with Crippen molar-refractivity contribution < 1.29 is 4.79 Å². The first kappa shape index (κ1) is 14.5. The lowest BCUT2D eigenvalue weighted by Crippen LogP contribution is -2.36. The lowest BCUT2D eigenvalue weighted by Gasteiger charge is -2.32. The molecule has 20 heavy (non-hydrogen) atoms. The summed E-state index contributed by atoms with van der Waals surface area (Å²) in [6.45, 7) is 1.13. The molecule has 0 spiro atoms. The van der Waals surface area contributed by atoms with Crippen LogP contribution in [0.25, 0.3) is 0 Å². The minimum absolute atomic E-state index is 0.00771. The van der Waals surface area contributed by atoms with E-state index in [1.807, 2.05) is 6.07 Å². The van der Waals surface area contributed by atoms with Gasteiger partial charge < -0.3 is 10.2 Å². The molecule has 1 aromatic rings. The Balaban J connectivity index is 1.85. The Morgan fingerprint density at radius 2 is 2.25 bits per heavy atom. The van der Waals surface area contributed by atoms with Crippen LogP contribution in [-0.4, -0.2) is 30.4 Å². The largest absolute Gasteiger partial charge is 0.325 e. The maximum Gasteiger partial charge on any atom is 0.224 e. The first-order chi connectivity index (χ1) is 9.70. The van der Waals surface area contributed by atoms with Crippen LogP contribution < -0.4 is 5.32 Å². The van der Waals surface area contributed by atoms with Gasteiger partial charge >= 0.3 is 0 Å². The summed E-state index contributed by atoms with van der Waals surface area (Å²) in [6.07, 6.45) is 5.09. The predicted octanol–water partition coefficient (Wildman–Crippen LogP) is 2.76. The van der Waals surface area contributed by atoms with Gasteiger partial charge in [-0.05, 0) is 45.0 Å². The van der Waals surface area contributed by atoms with E-state index in [1.54, 1.807) is 18.2 Å². The van der Waals surface area contributed by atoms with Crippen molar-refractivity contribution in [3.05, 3.63) is 29.8 Å². The molecule has 1 aliphatic rings. The highest BCUT2D eigenvalue weighted by Crippen LogP contribution is 2.20. The van der Waals surface area contributed by atoms with Crippen LogP contribution in [0.3, 0.4) is 0 Å². The minimum atomic E-state index is -0.00771. The third kappa shape index (κ3) is 3.82. The van der Waals surface area contributed by atoms with E-state index < -0.39 is 0 Å². The summed E-state index contributed by atoms with van der Waals surface area (Å²) < 4.78 is 0. The summed E-state index contributed by atoms with van der Waals surface area (Å²) in [4.78, 5) is 14.3. The quantitative estimate of drug-likeness (QED) is 0.916. The zero-order chi connectivity index (χ0) is 14.4. The van der Waals surface area contributed by atoms with E-state index in [-0.39, 0.29) is 5.91 Å². The number of amides is 1. The topological polar surface area (TPSA) is 56.1 Å². The molecule has 1 heterocycles. The number of carbonyl (C=O) groups excluding carboxylic acids is 1. The fraction of sp³-hybridized carbons (Fsp3) is 0.500. The number of nitrogens with one attached hydrogen (secondary N) is 1. The second-order valence-corrected chi connectivity index (χ2v) is 5.37. The van der Waals surface area contributed by atoms with Crippen molar-refractivity contribution >= 4 is 11.6 Å². The Hall–Kier alpha value is -1.86. The van der Waals surface area contributed by atoms with Crippen LogP contribution in [0.2, 0.25) is 0 Å². The maximum absolute atomic E-state index is 12.0. The van der Waals surface area contributed by atoms with E-state index in [9.17, 15) is 4.79 Å². The number of likely N-dealkylation sites (tertiary alicyclic amines) is 1. The molecule has 1 aliphatic heterocycles. The van der Waals surface area contributed by atoms with Crippen molar-refractivity contribution in [2.24, 2.45) is 0 Å². The van der Waals surface area contributed by atoms with Crippen molar-refractivity contribution in [1.29, 1.82) is 5.26 Å². The number of carbonyl (C=O) groups is 1. The Morgan fingerprint density at radius 3 is 3.00 bits per heavy atom. The van der Waals surface area contributed by atoms with Crippen molar-refractivity contribution in [2.45, 2.75) is 38.1 Å². The number of benzene rings is 1. The molecule has 0 aromatic heterocycles. The fourth-order valence-corrected chi connectivity index (χ4v) is 2.71. The minimum Gasteiger partial charge on any atom is -0.325 e. The second-order valence-electron chi connectivity index (χ2n) is 5.37. The zero-order valence-corrected chi connectivity index (χ0v) is 11.9. The number of nitrogens with zero attached hydrogens (tertiary/aromatic N) is 2.